The largest absolute Gasteiger partial charge is 0.415 e. The van der Waals surface area contributed by atoms with Gasteiger partial charge in [0.05, 0.1) is 0 Å². The van der Waals surface area contributed by atoms with Gasteiger partial charge in [0.1, 0.15) is 0 Å². The molecule has 0 saturated carbocycles. The van der Waals surface area contributed by atoms with Gasteiger partial charge in [-0.2, -0.15) is 8.78 Å². The normalized spacial score (nSPS) is 10.9. The van der Waals surface area contributed by atoms with E-state index in [1.54, 1.807) is 24.3 Å². The molecule has 6 heteroatoms. The molecular formula is C9H5BrF2N2O. The summed E-state index contributed by atoms with van der Waals surface area (Å²) in [6, 6.07) is 6.93. The van der Waals surface area contributed by atoms with Crippen LogP contribution in [0.4, 0.5) is 8.78 Å². The van der Waals surface area contributed by atoms with Gasteiger partial charge in [-0.1, -0.05) is 15.9 Å². The maximum absolute atomic E-state index is 12.2. The molecule has 0 spiro atoms. The SMILES string of the molecule is FC(F)c1nnc(-c2ccc(Br)cc2)o1. The van der Waals surface area contributed by atoms with E-state index in [4.69, 9.17) is 4.42 Å². The maximum atomic E-state index is 12.2. The molecule has 1 aromatic heterocycles. The third kappa shape index (κ3) is 2.20. The lowest BCUT2D eigenvalue weighted by Gasteiger charge is -1.94. The molecule has 0 saturated heterocycles. The average Bonchev–Trinajstić information content (AvgIpc) is 2.68. The first-order valence-electron chi connectivity index (χ1n) is 4.04. The highest BCUT2D eigenvalue weighted by atomic mass is 79.9. The molecule has 15 heavy (non-hydrogen) atoms. The minimum Gasteiger partial charge on any atom is -0.415 e. The number of hydrogen-bond acceptors (Lipinski definition) is 3. The molecule has 78 valence electrons. The molecule has 1 heterocycles. The number of hydrogen-bond donors (Lipinski definition) is 0. The van der Waals surface area contributed by atoms with Crippen LogP contribution in [0.5, 0.6) is 0 Å². The number of alkyl halides is 2. The van der Waals surface area contributed by atoms with Crippen molar-refractivity contribution < 1.29 is 13.2 Å². The lowest BCUT2D eigenvalue weighted by atomic mass is 10.2. The minimum absolute atomic E-state index is 0.0952. The van der Waals surface area contributed by atoms with E-state index in [0.29, 0.717) is 5.56 Å². The van der Waals surface area contributed by atoms with Gasteiger partial charge in [-0.3, -0.25) is 0 Å². The second-order valence-electron chi connectivity index (χ2n) is 2.75. The summed E-state index contributed by atoms with van der Waals surface area (Å²) in [5.74, 6) is -0.564. The third-order valence-electron chi connectivity index (χ3n) is 1.72. The summed E-state index contributed by atoms with van der Waals surface area (Å²) in [5, 5.41) is 6.76. The second kappa shape index (κ2) is 4.06. The number of aromatic nitrogens is 2. The van der Waals surface area contributed by atoms with Crippen LogP contribution in [0, 0.1) is 0 Å². The predicted octanol–water partition coefficient (Wildman–Crippen LogP) is 3.44. The van der Waals surface area contributed by atoms with Crippen molar-refractivity contribution in [3.05, 3.63) is 34.6 Å². The van der Waals surface area contributed by atoms with Crippen molar-refractivity contribution in [2.75, 3.05) is 0 Å². The highest BCUT2D eigenvalue weighted by molar-refractivity contribution is 9.10. The zero-order valence-corrected chi connectivity index (χ0v) is 8.91. The first kappa shape index (κ1) is 10.2. The lowest BCUT2D eigenvalue weighted by molar-refractivity contribution is 0.116. The van der Waals surface area contributed by atoms with Gasteiger partial charge in [-0.15, -0.1) is 10.2 Å². The molecule has 0 unspecified atom stereocenters. The molecule has 1 aromatic carbocycles. The molecule has 0 amide bonds. The quantitative estimate of drug-likeness (QED) is 0.842. The first-order valence-corrected chi connectivity index (χ1v) is 4.83. The van der Waals surface area contributed by atoms with Crippen LogP contribution in [0.2, 0.25) is 0 Å². The number of rotatable bonds is 2. The summed E-state index contributed by atoms with van der Waals surface area (Å²) in [7, 11) is 0. The van der Waals surface area contributed by atoms with Crippen molar-refractivity contribution in [1.29, 1.82) is 0 Å². The van der Waals surface area contributed by atoms with Crippen molar-refractivity contribution in [2.24, 2.45) is 0 Å². The summed E-state index contributed by atoms with van der Waals surface area (Å²) < 4.78 is 30.0. The first-order chi connectivity index (χ1) is 7.16. The second-order valence-corrected chi connectivity index (χ2v) is 3.67. The van der Waals surface area contributed by atoms with Crippen LogP contribution in [0.25, 0.3) is 11.5 Å². The summed E-state index contributed by atoms with van der Waals surface area (Å²) in [6.07, 6.45) is -2.73. The van der Waals surface area contributed by atoms with E-state index in [9.17, 15) is 8.78 Å². The highest BCUT2D eigenvalue weighted by Crippen LogP contribution is 2.24. The van der Waals surface area contributed by atoms with Gasteiger partial charge < -0.3 is 4.42 Å². The Bertz CT molecular complexity index is 455. The van der Waals surface area contributed by atoms with Gasteiger partial charge in [0.15, 0.2) is 0 Å². The molecular weight excluding hydrogens is 270 g/mol. The zero-order valence-electron chi connectivity index (χ0n) is 7.32. The van der Waals surface area contributed by atoms with E-state index in [-0.39, 0.29) is 5.89 Å². The van der Waals surface area contributed by atoms with Crippen LogP contribution in [0.3, 0.4) is 0 Å². The van der Waals surface area contributed by atoms with Crippen LogP contribution in [-0.2, 0) is 0 Å². The Morgan fingerprint density at radius 1 is 1.13 bits per heavy atom. The van der Waals surface area contributed by atoms with Crippen molar-refractivity contribution in [3.63, 3.8) is 0 Å². The number of halogens is 3. The van der Waals surface area contributed by atoms with Gasteiger partial charge in [-0.25, -0.2) is 0 Å². The van der Waals surface area contributed by atoms with E-state index in [0.717, 1.165) is 4.47 Å². The molecule has 0 atom stereocenters. The van der Waals surface area contributed by atoms with Crippen molar-refractivity contribution >= 4 is 15.9 Å². The summed E-state index contributed by atoms with van der Waals surface area (Å²) in [6.45, 7) is 0. The monoisotopic (exact) mass is 274 g/mol. The highest BCUT2D eigenvalue weighted by Gasteiger charge is 2.16. The topological polar surface area (TPSA) is 38.9 Å². The van der Waals surface area contributed by atoms with Gasteiger partial charge in [-0.05, 0) is 24.3 Å². The molecule has 3 nitrogen and oxygen atoms in total. The summed E-state index contributed by atoms with van der Waals surface area (Å²) in [4.78, 5) is 0. The van der Waals surface area contributed by atoms with Crippen LogP contribution in [0.1, 0.15) is 12.3 Å². The summed E-state index contributed by atoms with van der Waals surface area (Å²) in [5.41, 5.74) is 0.609. The van der Waals surface area contributed by atoms with E-state index in [1.807, 2.05) is 0 Å². The fraction of sp³-hybridized carbons (Fsp3) is 0.111. The Labute approximate surface area is 92.3 Å². The minimum atomic E-state index is -2.73. The molecule has 0 aliphatic rings. The van der Waals surface area contributed by atoms with Crippen LogP contribution in [0.15, 0.2) is 33.2 Å². The summed E-state index contributed by atoms with van der Waals surface area (Å²) >= 11 is 3.26. The third-order valence-corrected chi connectivity index (χ3v) is 2.25. The molecule has 0 bridgehead atoms. The Morgan fingerprint density at radius 3 is 2.33 bits per heavy atom. The van der Waals surface area contributed by atoms with E-state index in [2.05, 4.69) is 26.1 Å². The molecule has 2 aromatic rings. The smallest absolute Gasteiger partial charge is 0.314 e. The molecule has 0 radical (unpaired) electrons. The lowest BCUT2D eigenvalue weighted by Crippen LogP contribution is -1.81. The van der Waals surface area contributed by atoms with Crippen molar-refractivity contribution in [1.82, 2.24) is 10.2 Å². The Balaban J connectivity index is 2.33. The average molecular weight is 275 g/mol. The van der Waals surface area contributed by atoms with Crippen LogP contribution < -0.4 is 0 Å². The Morgan fingerprint density at radius 2 is 1.80 bits per heavy atom. The van der Waals surface area contributed by atoms with Gasteiger partial charge in [0.2, 0.25) is 5.89 Å². The van der Waals surface area contributed by atoms with Gasteiger partial charge in [0.25, 0.3) is 5.89 Å². The van der Waals surface area contributed by atoms with Crippen molar-refractivity contribution in [3.8, 4) is 11.5 Å². The maximum Gasteiger partial charge on any atom is 0.314 e. The molecule has 2 rings (SSSR count). The zero-order chi connectivity index (χ0) is 10.8. The predicted molar refractivity (Wildman–Crippen MR) is 52.4 cm³/mol. The molecule has 0 N–H and O–H groups in total. The van der Waals surface area contributed by atoms with Crippen LogP contribution in [-0.4, -0.2) is 10.2 Å². The fourth-order valence-corrected chi connectivity index (χ4v) is 1.30. The Hall–Kier alpha value is -1.30. The van der Waals surface area contributed by atoms with E-state index < -0.39 is 12.3 Å². The fourth-order valence-electron chi connectivity index (χ4n) is 1.03. The molecule has 0 aliphatic heterocycles. The van der Waals surface area contributed by atoms with E-state index >= 15 is 0 Å². The number of nitrogens with zero attached hydrogens (tertiary/aromatic N) is 2. The van der Waals surface area contributed by atoms with Gasteiger partial charge >= 0.3 is 6.43 Å². The number of benzene rings is 1. The molecule has 0 aliphatic carbocycles. The molecule has 0 fully saturated rings. The Kier molecular flexibility index (Phi) is 2.77. The van der Waals surface area contributed by atoms with Gasteiger partial charge in [0, 0.05) is 10.0 Å². The van der Waals surface area contributed by atoms with Crippen molar-refractivity contribution in [2.45, 2.75) is 6.43 Å². The van der Waals surface area contributed by atoms with E-state index in [1.165, 1.54) is 0 Å². The van der Waals surface area contributed by atoms with Crippen LogP contribution >= 0.6 is 15.9 Å². The standard InChI is InChI=1S/C9H5BrF2N2O/c10-6-3-1-5(2-4-6)8-13-14-9(15-8)7(11)12/h1-4,7H.